The van der Waals surface area contributed by atoms with Gasteiger partial charge in [0.15, 0.2) is 0 Å². The van der Waals surface area contributed by atoms with Crippen LogP contribution < -0.4 is 5.32 Å². The second-order valence-corrected chi connectivity index (χ2v) is 5.72. The van der Waals surface area contributed by atoms with E-state index in [1.807, 2.05) is 13.3 Å². The number of aromatic nitrogens is 2. The average Bonchev–Trinajstić information content (AvgIpc) is 2.72. The summed E-state index contributed by atoms with van der Waals surface area (Å²) >= 11 is 0. The molecule has 0 aliphatic heterocycles. The van der Waals surface area contributed by atoms with E-state index in [1.165, 1.54) is 24.2 Å². The average molecular weight is 246 g/mol. The first-order valence-electron chi connectivity index (χ1n) is 6.76. The minimum absolute atomic E-state index is 0.300. The zero-order valence-corrected chi connectivity index (χ0v) is 11.5. The summed E-state index contributed by atoms with van der Waals surface area (Å²) in [6.45, 7) is 6.77. The molecule has 4 nitrogen and oxygen atoms in total. The van der Waals surface area contributed by atoms with Crippen LogP contribution in [0.15, 0.2) is 6.33 Å². The summed E-state index contributed by atoms with van der Waals surface area (Å²) in [5, 5.41) is 12.7. The summed E-state index contributed by atoms with van der Waals surface area (Å²) in [7, 11) is 0. The van der Waals surface area contributed by atoms with Gasteiger partial charge in [-0.3, -0.25) is 5.32 Å². The number of nitrogens with zero attached hydrogens (tertiary/aromatic N) is 3. The zero-order valence-electron chi connectivity index (χ0n) is 11.5. The van der Waals surface area contributed by atoms with Crippen LogP contribution in [0.25, 0.3) is 0 Å². The molecule has 0 aromatic carbocycles. The van der Waals surface area contributed by atoms with E-state index in [4.69, 9.17) is 0 Å². The number of nitriles is 1. The van der Waals surface area contributed by atoms with Crippen molar-refractivity contribution in [1.29, 1.82) is 5.26 Å². The maximum Gasteiger partial charge on any atom is 0.122 e. The molecule has 1 aliphatic rings. The Labute approximate surface area is 109 Å². The number of imidazole rings is 1. The van der Waals surface area contributed by atoms with Gasteiger partial charge in [0, 0.05) is 11.7 Å². The fourth-order valence-electron chi connectivity index (χ4n) is 2.76. The largest absolute Gasteiger partial charge is 0.331 e. The van der Waals surface area contributed by atoms with Crippen molar-refractivity contribution in [1.82, 2.24) is 14.9 Å². The summed E-state index contributed by atoms with van der Waals surface area (Å²) in [5.74, 6) is 0. The highest BCUT2D eigenvalue weighted by Gasteiger charge is 2.27. The minimum Gasteiger partial charge on any atom is -0.331 e. The molecule has 1 atom stereocenters. The van der Waals surface area contributed by atoms with Crippen LogP contribution in [0.3, 0.4) is 0 Å². The SMILES string of the molecule is CC(C)NC(C)(C#N)Cn1cnc2c1CCCC2. The third-order valence-corrected chi connectivity index (χ3v) is 3.45. The van der Waals surface area contributed by atoms with E-state index in [1.54, 1.807) is 0 Å². The number of hydrogen-bond donors (Lipinski definition) is 1. The minimum atomic E-state index is -0.528. The van der Waals surface area contributed by atoms with E-state index >= 15 is 0 Å². The molecular formula is C14H22N4. The van der Waals surface area contributed by atoms with E-state index in [0.29, 0.717) is 12.6 Å². The van der Waals surface area contributed by atoms with Crippen molar-refractivity contribution in [2.75, 3.05) is 0 Å². The molecule has 1 N–H and O–H groups in total. The first-order chi connectivity index (χ1) is 8.54. The fourth-order valence-corrected chi connectivity index (χ4v) is 2.76. The Hall–Kier alpha value is -1.34. The van der Waals surface area contributed by atoms with Crippen LogP contribution in [0, 0.1) is 11.3 Å². The molecule has 98 valence electrons. The lowest BCUT2D eigenvalue weighted by atomic mass is 9.99. The topological polar surface area (TPSA) is 53.6 Å². The first-order valence-corrected chi connectivity index (χ1v) is 6.76. The van der Waals surface area contributed by atoms with Gasteiger partial charge in [0.1, 0.15) is 5.54 Å². The van der Waals surface area contributed by atoms with Crippen molar-refractivity contribution >= 4 is 0 Å². The van der Waals surface area contributed by atoms with Crippen LogP contribution in [0.1, 0.15) is 45.0 Å². The highest BCUT2D eigenvalue weighted by atomic mass is 15.1. The van der Waals surface area contributed by atoms with Gasteiger partial charge in [-0.2, -0.15) is 5.26 Å². The standard InChI is InChI=1S/C14H22N4/c1-11(2)17-14(3,8-15)9-18-10-16-12-6-4-5-7-13(12)18/h10-11,17H,4-7,9H2,1-3H3. The van der Waals surface area contributed by atoms with Crippen LogP contribution in [-0.4, -0.2) is 21.1 Å². The predicted octanol–water partition coefficient (Wildman–Crippen LogP) is 2.04. The molecule has 0 amide bonds. The summed E-state index contributed by atoms with van der Waals surface area (Å²) in [5.41, 5.74) is 2.03. The molecule has 0 spiro atoms. The number of hydrogen-bond acceptors (Lipinski definition) is 3. The molecule has 4 heteroatoms. The smallest absolute Gasteiger partial charge is 0.122 e. The summed E-state index contributed by atoms with van der Waals surface area (Å²) < 4.78 is 2.16. The van der Waals surface area contributed by atoms with Crippen molar-refractivity contribution in [2.45, 2.75) is 64.6 Å². The number of fused-ring (bicyclic) bond motifs is 1. The Morgan fingerprint density at radius 3 is 2.89 bits per heavy atom. The van der Waals surface area contributed by atoms with E-state index < -0.39 is 5.54 Å². The van der Waals surface area contributed by atoms with Gasteiger partial charge in [0.2, 0.25) is 0 Å². The molecular weight excluding hydrogens is 224 g/mol. The van der Waals surface area contributed by atoms with Gasteiger partial charge in [-0.25, -0.2) is 4.98 Å². The Morgan fingerprint density at radius 1 is 1.50 bits per heavy atom. The van der Waals surface area contributed by atoms with E-state index in [0.717, 1.165) is 12.8 Å². The summed E-state index contributed by atoms with van der Waals surface area (Å²) in [4.78, 5) is 4.48. The van der Waals surface area contributed by atoms with Gasteiger partial charge >= 0.3 is 0 Å². The maximum absolute atomic E-state index is 9.39. The monoisotopic (exact) mass is 246 g/mol. The summed E-state index contributed by atoms with van der Waals surface area (Å²) in [6, 6.07) is 2.70. The van der Waals surface area contributed by atoms with Gasteiger partial charge in [-0.1, -0.05) is 0 Å². The van der Waals surface area contributed by atoms with Crippen molar-refractivity contribution in [3.63, 3.8) is 0 Å². The van der Waals surface area contributed by atoms with Crippen molar-refractivity contribution in [2.24, 2.45) is 0 Å². The molecule has 1 heterocycles. The fraction of sp³-hybridized carbons (Fsp3) is 0.714. The molecule has 0 bridgehead atoms. The molecule has 2 rings (SSSR count). The van der Waals surface area contributed by atoms with Crippen LogP contribution in [-0.2, 0) is 19.4 Å². The van der Waals surface area contributed by atoms with E-state index in [2.05, 4.69) is 34.8 Å². The molecule has 1 aromatic heterocycles. The second-order valence-electron chi connectivity index (χ2n) is 5.72. The van der Waals surface area contributed by atoms with Gasteiger partial charge in [-0.15, -0.1) is 0 Å². The van der Waals surface area contributed by atoms with Gasteiger partial charge < -0.3 is 4.57 Å². The third-order valence-electron chi connectivity index (χ3n) is 3.45. The molecule has 0 radical (unpaired) electrons. The summed E-state index contributed by atoms with van der Waals surface area (Å²) in [6.07, 6.45) is 6.55. The lowest BCUT2D eigenvalue weighted by molar-refractivity contribution is 0.353. The van der Waals surface area contributed by atoms with Crippen molar-refractivity contribution in [3.8, 4) is 6.07 Å². The third kappa shape index (κ3) is 2.73. The first kappa shape index (κ1) is 13.1. The Balaban J connectivity index is 2.17. The molecule has 1 unspecified atom stereocenters. The Morgan fingerprint density at radius 2 is 2.22 bits per heavy atom. The van der Waals surface area contributed by atoms with Gasteiger partial charge in [0.25, 0.3) is 0 Å². The van der Waals surface area contributed by atoms with E-state index in [9.17, 15) is 5.26 Å². The maximum atomic E-state index is 9.39. The number of rotatable bonds is 4. The molecule has 0 saturated heterocycles. The second kappa shape index (κ2) is 5.11. The predicted molar refractivity (Wildman–Crippen MR) is 71.2 cm³/mol. The normalized spacial score (nSPS) is 18.2. The van der Waals surface area contributed by atoms with Crippen LogP contribution in [0.4, 0.5) is 0 Å². The van der Waals surface area contributed by atoms with Crippen LogP contribution >= 0.6 is 0 Å². The molecule has 0 saturated carbocycles. The highest BCUT2D eigenvalue weighted by molar-refractivity contribution is 5.18. The zero-order chi connectivity index (χ0) is 13.2. The van der Waals surface area contributed by atoms with Crippen molar-refractivity contribution in [3.05, 3.63) is 17.7 Å². The Kier molecular flexibility index (Phi) is 3.72. The number of nitrogens with one attached hydrogen (secondary N) is 1. The highest BCUT2D eigenvalue weighted by Crippen LogP contribution is 2.21. The van der Waals surface area contributed by atoms with Crippen molar-refractivity contribution < 1.29 is 0 Å². The molecule has 0 fully saturated rings. The Bertz CT molecular complexity index is 455. The van der Waals surface area contributed by atoms with Crippen LogP contribution in [0.2, 0.25) is 0 Å². The van der Waals surface area contributed by atoms with Gasteiger partial charge in [0.05, 0.1) is 24.6 Å². The quantitative estimate of drug-likeness (QED) is 0.884. The van der Waals surface area contributed by atoms with Crippen LogP contribution in [0.5, 0.6) is 0 Å². The van der Waals surface area contributed by atoms with Gasteiger partial charge in [-0.05, 0) is 46.5 Å². The molecule has 18 heavy (non-hydrogen) atoms. The molecule has 1 aromatic rings. The lowest BCUT2D eigenvalue weighted by Crippen LogP contribution is -2.48. The number of aryl methyl sites for hydroxylation is 1. The lowest BCUT2D eigenvalue weighted by Gasteiger charge is -2.27. The van der Waals surface area contributed by atoms with E-state index in [-0.39, 0.29) is 0 Å². The molecule has 1 aliphatic carbocycles.